The monoisotopic (exact) mass is 654 g/mol. The first kappa shape index (κ1) is 37.8. The maximum Gasteiger partial charge on any atom is 0.320 e. The molecular formula is C28H42N6O12. The van der Waals surface area contributed by atoms with Crippen LogP contribution < -0.4 is 10.9 Å². The van der Waals surface area contributed by atoms with E-state index in [1.54, 1.807) is 19.6 Å². The number of nitrogens with zero attached hydrogens (tertiary/aromatic N) is 5. The third-order valence-corrected chi connectivity index (χ3v) is 7.45. The van der Waals surface area contributed by atoms with E-state index in [1.165, 1.54) is 12.1 Å². The maximum atomic E-state index is 12.6. The van der Waals surface area contributed by atoms with Crippen LogP contribution in [-0.4, -0.2) is 170 Å². The minimum absolute atomic E-state index is 0.0267. The summed E-state index contributed by atoms with van der Waals surface area (Å²) >= 11 is 0. The van der Waals surface area contributed by atoms with Crippen LogP contribution in [0.2, 0.25) is 0 Å². The highest BCUT2D eigenvalue weighted by molar-refractivity contribution is 5.92. The van der Waals surface area contributed by atoms with Crippen molar-refractivity contribution >= 4 is 35.6 Å². The molecule has 0 aliphatic carbocycles. The largest absolute Gasteiger partial charge is 0.480 e. The number of ketones is 1. The molecule has 1 aromatic rings. The Morgan fingerprint density at radius 3 is 1.65 bits per heavy atom. The molecule has 0 radical (unpaired) electrons. The molecule has 1 aliphatic rings. The van der Waals surface area contributed by atoms with Gasteiger partial charge in [-0.25, -0.2) is 0 Å². The average Bonchev–Trinajstić information content (AvgIpc) is 2.96. The van der Waals surface area contributed by atoms with Gasteiger partial charge in [0.15, 0.2) is 0 Å². The minimum atomic E-state index is -1.20. The number of pyridine rings is 1. The molecule has 1 saturated heterocycles. The third kappa shape index (κ3) is 13.7. The van der Waals surface area contributed by atoms with Crippen LogP contribution in [0.3, 0.4) is 0 Å². The number of carbonyl (C=O) groups is 6. The quantitative estimate of drug-likeness (QED) is 0.0823. The summed E-state index contributed by atoms with van der Waals surface area (Å²) in [5.41, 5.74) is -1.05. The smallest absolute Gasteiger partial charge is 0.320 e. The van der Waals surface area contributed by atoms with Gasteiger partial charge in [-0.2, -0.15) is 0 Å². The van der Waals surface area contributed by atoms with Gasteiger partial charge in [-0.15, -0.1) is 4.73 Å². The van der Waals surface area contributed by atoms with Crippen LogP contribution in [0.15, 0.2) is 23.0 Å². The topological polar surface area (TPSA) is 251 Å². The average molecular weight is 655 g/mol. The number of carboxylic acid groups (broad SMARTS) is 4. The van der Waals surface area contributed by atoms with Crippen LogP contribution in [-0.2, 0) is 24.0 Å². The van der Waals surface area contributed by atoms with Crippen LogP contribution in [0.5, 0.6) is 0 Å². The summed E-state index contributed by atoms with van der Waals surface area (Å²) in [5, 5.41) is 50.3. The highest BCUT2D eigenvalue weighted by atomic mass is 16.5. The second-order valence-electron chi connectivity index (χ2n) is 10.9. The van der Waals surface area contributed by atoms with Crippen molar-refractivity contribution in [2.75, 3.05) is 78.5 Å². The molecule has 1 fully saturated rings. The van der Waals surface area contributed by atoms with Crippen molar-refractivity contribution in [3.8, 4) is 0 Å². The Labute approximate surface area is 264 Å². The first-order valence-corrected chi connectivity index (χ1v) is 14.8. The molecule has 46 heavy (non-hydrogen) atoms. The molecule has 18 nitrogen and oxygen atoms in total. The van der Waals surface area contributed by atoms with Gasteiger partial charge >= 0.3 is 23.9 Å². The third-order valence-electron chi connectivity index (χ3n) is 7.45. The van der Waals surface area contributed by atoms with E-state index in [4.69, 9.17) is 0 Å². The second kappa shape index (κ2) is 19.2. The molecule has 256 valence electrons. The van der Waals surface area contributed by atoms with Gasteiger partial charge in [0.2, 0.25) is 0 Å². The van der Waals surface area contributed by atoms with Gasteiger partial charge in [0.05, 0.1) is 19.6 Å². The predicted molar refractivity (Wildman–Crippen MR) is 159 cm³/mol. The summed E-state index contributed by atoms with van der Waals surface area (Å²) in [6, 6.07) is 2.51. The Kier molecular flexibility index (Phi) is 15.8. The number of aromatic nitrogens is 1. The molecule has 2 heterocycles. The molecule has 6 N–H and O–H groups in total. The number of carbonyl (C=O) groups excluding carboxylic acids is 2. The Hall–Kier alpha value is -4.39. The van der Waals surface area contributed by atoms with E-state index >= 15 is 0 Å². The van der Waals surface area contributed by atoms with Gasteiger partial charge in [-0.1, -0.05) is 6.07 Å². The zero-order valence-corrected chi connectivity index (χ0v) is 25.5. The van der Waals surface area contributed by atoms with E-state index in [2.05, 4.69) is 5.32 Å². The predicted octanol–water partition coefficient (Wildman–Crippen LogP) is -2.13. The SMILES string of the molecule is O=C(O)CN1CCN(CC(=O)O)CCN(C(CCC(=O)CCCNC(=O)c2cccc(=O)n2O)C(=O)O)CCN(CC(=O)O)CC1. The summed E-state index contributed by atoms with van der Waals surface area (Å²) < 4.78 is 0.209. The Morgan fingerprint density at radius 1 is 0.717 bits per heavy atom. The lowest BCUT2D eigenvalue weighted by atomic mass is 10.0. The second-order valence-corrected chi connectivity index (χ2v) is 10.9. The van der Waals surface area contributed by atoms with Crippen LogP contribution in [0.25, 0.3) is 0 Å². The molecule has 0 saturated carbocycles. The molecule has 2 rings (SSSR count). The van der Waals surface area contributed by atoms with E-state index in [-0.39, 0.29) is 120 Å². The van der Waals surface area contributed by atoms with Crippen LogP contribution in [0.1, 0.15) is 36.2 Å². The molecule has 0 spiro atoms. The fraction of sp³-hybridized carbons (Fsp3) is 0.607. The number of nitrogens with one attached hydrogen (secondary N) is 1. The number of hydrogen-bond donors (Lipinski definition) is 6. The van der Waals surface area contributed by atoms with Gasteiger partial charge in [-0.3, -0.25) is 53.2 Å². The molecule has 1 amide bonds. The first-order chi connectivity index (χ1) is 21.8. The van der Waals surface area contributed by atoms with E-state index < -0.39 is 41.4 Å². The maximum absolute atomic E-state index is 12.6. The Morgan fingerprint density at radius 2 is 1.20 bits per heavy atom. The summed E-state index contributed by atoms with van der Waals surface area (Å²) in [7, 11) is 0. The zero-order chi connectivity index (χ0) is 34.2. The van der Waals surface area contributed by atoms with Crippen LogP contribution in [0.4, 0.5) is 0 Å². The molecule has 1 unspecified atom stereocenters. The van der Waals surface area contributed by atoms with Crippen molar-refractivity contribution in [2.24, 2.45) is 0 Å². The molecular weight excluding hydrogens is 612 g/mol. The molecule has 18 heteroatoms. The van der Waals surface area contributed by atoms with Gasteiger partial charge < -0.3 is 31.0 Å². The van der Waals surface area contributed by atoms with Crippen molar-refractivity contribution in [2.45, 2.75) is 31.7 Å². The number of amides is 1. The van der Waals surface area contributed by atoms with Crippen molar-refractivity contribution in [3.63, 3.8) is 0 Å². The van der Waals surface area contributed by atoms with Crippen LogP contribution >= 0.6 is 0 Å². The van der Waals surface area contributed by atoms with Gasteiger partial charge in [0.1, 0.15) is 17.5 Å². The standard InChI is InChI=1S/C28H42N6O12/c35-20(3-2-8-29-27(43)21-4-1-5-23(36)34(21)46)6-7-22(28(44)45)33-15-13-31(18-25(39)40)11-9-30(17-24(37)38)10-12-32(14-16-33)19-26(41)42/h1,4-5,22,46H,2-3,6-19H2,(H,29,43)(H,37,38)(H,39,40)(H,41,42)(H,44,45). The lowest BCUT2D eigenvalue weighted by Crippen LogP contribution is -2.51. The summed E-state index contributed by atoms with van der Waals surface area (Å²) in [6.45, 7) is 0.253. The minimum Gasteiger partial charge on any atom is -0.480 e. The molecule has 1 aliphatic heterocycles. The highest BCUT2D eigenvalue weighted by Gasteiger charge is 2.28. The van der Waals surface area contributed by atoms with E-state index in [0.717, 1.165) is 6.07 Å². The fourth-order valence-corrected chi connectivity index (χ4v) is 5.03. The van der Waals surface area contributed by atoms with Gasteiger partial charge in [-0.05, 0) is 18.9 Å². The number of rotatable bonds is 16. The normalized spacial score (nSPS) is 16.9. The molecule has 1 atom stereocenters. The lowest BCUT2D eigenvalue weighted by Gasteiger charge is -2.35. The van der Waals surface area contributed by atoms with Crippen molar-refractivity contribution in [1.82, 2.24) is 29.6 Å². The van der Waals surface area contributed by atoms with Crippen molar-refractivity contribution in [1.29, 1.82) is 0 Å². The fourth-order valence-electron chi connectivity index (χ4n) is 5.03. The van der Waals surface area contributed by atoms with E-state index in [0.29, 0.717) is 0 Å². The van der Waals surface area contributed by atoms with Crippen molar-refractivity contribution < 1.29 is 54.4 Å². The van der Waals surface area contributed by atoms with Crippen LogP contribution in [0, 0.1) is 0 Å². The van der Waals surface area contributed by atoms with E-state index in [1.807, 2.05) is 0 Å². The van der Waals surface area contributed by atoms with Gasteiger partial charge in [0, 0.05) is 77.8 Å². The van der Waals surface area contributed by atoms with E-state index in [9.17, 15) is 59.2 Å². The summed E-state index contributed by atoms with van der Waals surface area (Å²) in [6.07, 6.45) is 0.0877. The molecule has 0 aromatic carbocycles. The highest BCUT2D eigenvalue weighted by Crippen LogP contribution is 2.12. The first-order valence-electron chi connectivity index (χ1n) is 14.8. The number of carboxylic acids is 4. The number of hydrogen-bond acceptors (Lipinski definition) is 12. The molecule has 0 bridgehead atoms. The summed E-state index contributed by atoms with van der Waals surface area (Å²) in [5.74, 6) is -5.47. The summed E-state index contributed by atoms with van der Waals surface area (Å²) in [4.78, 5) is 89.3. The number of Topliss-reactive ketones (excluding diaryl/α,β-unsaturated/α-hetero) is 1. The van der Waals surface area contributed by atoms with Crippen molar-refractivity contribution in [3.05, 3.63) is 34.2 Å². The van der Waals surface area contributed by atoms with Gasteiger partial charge in [0.25, 0.3) is 11.5 Å². The number of aliphatic carboxylic acids is 4. The zero-order valence-electron chi connectivity index (χ0n) is 25.5. The Balaban J connectivity index is 2.05. The lowest BCUT2D eigenvalue weighted by molar-refractivity contribution is -0.145. The Bertz CT molecular complexity index is 1260. The molecule has 1 aromatic heterocycles.